The fourth-order valence-electron chi connectivity index (χ4n) is 2.87. The van der Waals surface area contributed by atoms with Crippen LogP contribution < -0.4 is 0 Å². The first-order chi connectivity index (χ1) is 10.3. The van der Waals surface area contributed by atoms with Gasteiger partial charge < -0.3 is 0 Å². The Labute approximate surface area is 128 Å². The second-order valence-electron chi connectivity index (χ2n) is 5.55. The van der Waals surface area contributed by atoms with Crippen LogP contribution in [0.1, 0.15) is 16.7 Å². The van der Waals surface area contributed by atoms with E-state index in [4.69, 9.17) is 0 Å². The highest BCUT2D eigenvalue weighted by molar-refractivity contribution is 7.26. The molecule has 0 spiro atoms. The van der Waals surface area contributed by atoms with Gasteiger partial charge in [-0.1, -0.05) is 66.2 Å². The minimum atomic E-state index is 1.00. The van der Waals surface area contributed by atoms with Crippen LogP contribution in [0.15, 0.2) is 66.7 Å². The van der Waals surface area contributed by atoms with Crippen LogP contribution in [0.25, 0.3) is 20.2 Å². The zero-order valence-electron chi connectivity index (χ0n) is 12.0. The van der Waals surface area contributed by atoms with Gasteiger partial charge in [-0.05, 0) is 30.5 Å². The summed E-state index contributed by atoms with van der Waals surface area (Å²) in [4.78, 5) is 0. The molecule has 0 atom stereocenters. The van der Waals surface area contributed by atoms with E-state index in [0.717, 1.165) is 6.42 Å². The third-order valence-corrected chi connectivity index (χ3v) is 5.26. The van der Waals surface area contributed by atoms with Gasteiger partial charge in [-0.15, -0.1) is 11.3 Å². The summed E-state index contributed by atoms with van der Waals surface area (Å²) >= 11 is 1.91. The lowest BCUT2D eigenvalue weighted by molar-refractivity contribution is 1.21. The molecule has 4 aromatic rings. The summed E-state index contributed by atoms with van der Waals surface area (Å²) < 4.78 is 2.81. The van der Waals surface area contributed by atoms with E-state index in [-0.39, 0.29) is 0 Å². The number of aryl methyl sites for hydroxylation is 1. The Balaban J connectivity index is 1.86. The molecule has 0 radical (unpaired) electrons. The summed E-state index contributed by atoms with van der Waals surface area (Å²) in [6, 6.07) is 24.2. The fourth-order valence-corrected chi connectivity index (χ4v) is 4.08. The van der Waals surface area contributed by atoms with Crippen molar-refractivity contribution in [3.8, 4) is 0 Å². The van der Waals surface area contributed by atoms with E-state index >= 15 is 0 Å². The lowest BCUT2D eigenvalue weighted by Crippen LogP contribution is -1.88. The first-order valence-electron chi connectivity index (χ1n) is 7.26. The lowest BCUT2D eigenvalue weighted by Gasteiger charge is -2.04. The van der Waals surface area contributed by atoms with Crippen molar-refractivity contribution in [3.05, 3.63) is 83.4 Å². The third-order valence-electron chi connectivity index (χ3n) is 4.00. The molecule has 1 aromatic heterocycles. The van der Waals surface area contributed by atoms with Crippen molar-refractivity contribution in [2.45, 2.75) is 13.3 Å². The van der Waals surface area contributed by atoms with E-state index in [1.165, 1.54) is 36.9 Å². The van der Waals surface area contributed by atoms with Gasteiger partial charge in [0.2, 0.25) is 0 Å². The summed E-state index contributed by atoms with van der Waals surface area (Å²) in [6.07, 6.45) is 1.00. The molecule has 0 saturated heterocycles. The Morgan fingerprint density at radius 1 is 0.762 bits per heavy atom. The molecule has 0 fully saturated rings. The van der Waals surface area contributed by atoms with Crippen LogP contribution in [0.3, 0.4) is 0 Å². The van der Waals surface area contributed by atoms with Crippen LogP contribution in [0.2, 0.25) is 0 Å². The summed E-state index contributed by atoms with van der Waals surface area (Å²) in [5, 5.41) is 2.77. The van der Waals surface area contributed by atoms with Crippen LogP contribution in [0.4, 0.5) is 0 Å². The highest BCUT2D eigenvalue weighted by Gasteiger charge is 2.08. The second-order valence-corrected chi connectivity index (χ2v) is 6.61. The van der Waals surface area contributed by atoms with Gasteiger partial charge in [0.25, 0.3) is 0 Å². The molecule has 0 aliphatic carbocycles. The van der Waals surface area contributed by atoms with Gasteiger partial charge in [-0.25, -0.2) is 0 Å². The van der Waals surface area contributed by atoms with Crippen LogP contribution in [-0.4, -0.2) is 0 Å². The van der Waals surface area contributed by atoms with Crippen molar-refractivity contribution in [2.75, 3.05) is 0 Å². The van der Waals surface area contributed by atoms with Gasteiger partial charge in [0, 0.05) is 20.2 Å². The molecule has 0 N–H and O–H groups in total. The van der Waals surface area contributed by atoms with E-state index in [2.05, 4.69) is 73.7 Å². The SMILES string of the molecule is Cc1ccc(Cc2cccc3c2sc2ccccc23)cc1. The zero-order valence-corrected chi connectivity index (χ0v) is 12.8. The number of hydrogen-bond donors (Lipinski definition) is 0. The standard InChI is InChI=1S/C20H16S/c1-14-9-11-15(12-10-14)13-16-5-4-7-18-17-6-2-3-8-19(17)21-20(16)18/h2-12H,13H2,1H3. The molecule has 1 heterocycles. The van der Waals surface area contributed by atoms with E-state index in [1.54, 1.807) is 0 Å². The number of thiophene rings is 1. The van der Waals surface area contributed by atoms with Crippen LogP contribution in [0.5, 0.6) is 0 Å². The average molecular weight is 288 g/mol. The van der Waals surface area contributed by atoms with Crippen molar-refractivity contribution in [1.82, 2.24) is 0 Å². The van der Waals surface area contributed by atoms with E-state index in [1.807, 2.05) is 11.3 Å². The van der Waals surface area contributed by atoms with Crippen LogP contribution in [0, 0.1) is 6.92 Å². The monoisotopic (exact) mass is 288 g/mol. The molecule has 0 amide bonds. The maximum atomic E-state index is 2.26. The maximum absolute atomic E-state index is 2.26. The normalized spacial score (nSPS) is 11.3. The van der Waals surface area contributed by atoms with Crippen LogP contribution >= 0.6 is 11.3 Å². The number of benzene rings is 3. The van der Waals surface area contributed by atoms with E-state index < -0.39 is 0 Å². The predicted molar refractivity (Wildman–Crippen MR) is 93.3 cm³/mol. The molecule has 0 bridgehead atoms. The molecule has 0 unspecified atom stereocenters. The van der Waals surface area contributed by atoms with Crippen molar-refractivity contribution in [1.29, 1.82) is 0 Å². The second kappa shape index (κ2) is 5.01. The number of rotatable bonds is 2. The van der Waals surface area contributed by atoms with Gasteiger partial charge in [-0.2, -0.15) is 0 Å². The Morgan fingerprint density at radius 2 is 1.52 bits per heavy atom. The van der Waals surface area contributed by atoms with Gasteiger partial charge >= 0.3 is 0 Å². The Bertz CT molecular complexity index is 914. The lowest BCUT2D eigenvalue weighted by atomic mass is 10.0. The largest absolute Gasteiger partial charge is 0.135 e. The molecule has 0 aliphatic rings. The molecule has 21 heavy (non-hydrogen) atoms. The topological polar surface area (TPSA) is 0 Å². The quantitative estimate of drug-likeness (QED) is 0.427. The van der Waals surface area contributed by atoms with E-state index in [0.29, 0.717) is 0 Å². The van der Waals surface area contributed by atoms with Gasteiger partial charge in [-0.3, -0.25) is 0 Å². The fraction of sp³-hybridized carbons (Fsp3) is 0.100. The first-order valence-corrected chi connectivity index (χ1v) is 8.07. The molecule has 1 heteroatoms. The molecule has 0 nitrogen and oxygen atoms in total. The summed E-state index contributed by atoms with van der Waals surface area (Å²) in [5.74, 6) is 0. The molecular formula is C20H16S. The molecule has 0 aliphatic heterocycles. The highest BCUT2D eigenvalue weighted by atomic mass is 32.1. The summed E-state index contributed by atoms with van der Waals surface area (Å²) in [6.45, 7) is 2.14. The summed E-state index contributed by atoms with van der Waals surface area (Å²) in [7, 11) is 0. The number of hydrogen-bond acceptors (Lipinski definition) is 1. The first kappa shape index (κ1) is 12.6. The average Bonchev–Trinajstić information content (AvgIpc) is 2.89. The predicted octanol–water partition coefficient (Wildman–Crippen LogP) is 5.95. The Kier molecular flexibility index (Phi) is 3.01. The smallest absolute Gasteiger partial charge is 0.0390 e. The van der Waals surface area contributed by atoms with Crippen molar-refractivity contribution >= 4 is 31.5 Å². The number of fused-ring (bicyclic) bond motifs is 3. The molecule has 3 aromatic carbocycles. The zero-order chi connectivity index (χ0) is 14.2. The van der Waals surface area contributed by atoms with Gasteiger partial charge in [0.05, 0.1) is 0 Å². The highest BCUT2D eigenvalue weighted by Crippen LogP contribution is 2.36. The molecule has 102 valence electrons. The molecule has 0 saturated carbocycles. The van der Waals surface area contributed by atoms with Crippen molar-refractivity contribution in [2.24, 2.45) is 0 Å². The summed E-state index contributed by atoms with van der Waals surface area (Å²) in [5.41, 5.74) is 4.13. The van der Waals surface area contributed by atoms with Crippen LogP contribution in [-0.2, 0) is 6.42 Å². The third kappa shape index (κ3) is 2.24. The van der Waals surface area contributed by atoms with Gasteiger partial charge in [0.15, 0.2) is 0 Å². The molecular weight excluding hydrogens is 272 g/mol. The Hall–Kier alpha value is -2.12. The van der Waals surface area contributed by atoms with Crippen molar-refractivity contribution in [3.63, 3.8) is 0 Å². The minimum Gasteiger partial charge on any atom is -0.135 e. The minimum absolute atomic E-state index is 1.00. The van der Waals surface area contributed by atoms with Crippen molar-refractivity contribution < 1.29 is 0 Å². The Morgan fingerprint density at radius 3 is 2.38 bits per heavy atom. The van der Waals surface area contributed by atoms with E-state index in [9.17, 15) is 0 Å². The maximum Gasteiger partial charge on any atom is 0.0390 e. The molecule has 4 rings (SSSR count). The van der Waals surface area contributed by atoms with Gasteiger partial charge in [0.1, 0.15) is 0 Å².